The molecule has 176 valence electrons. The zero-order valence-electron chi connectivity index (χ0n) is 19.0. The summed E-state index contributed by atoms with van der Waals surface area (Å²) in [6.45, 7) is 1.81. The van der Waals surface area contributed by atoms with Crippen LogP contribution in [0.25, 0.3) is 27.9 Å². The van der Waals surface area contributed by atoms with E-state index in [4.69, 9.17) is 4.98 Å². The average molecular weight is 463 g/mol. The summed E-state index contributed by atoms with van der Waals surface area (Å²) in [4.78, 5) is 24.5. The first-order chi connectivity index (χ1) is 16.7. The third kappa shape index (κ3) is 3.58. The lowest BCUT2D eigenvalue weighted by Crippen LogP contribution is -2.25. The van der Waals surface area contributed by atoms with Crippen LogP contribution >= 0.6 is 0 Å². The van der Waals surface area contributed by atoms with Gasteiger partial charge in [0.2, 0.25) is 0 Å². The van der Waals surface area contributed by atoms with Gasteiger partial charge in [-0.3, -0.25) is 9.69 Å². The highest BCUT2D eigenvalue weighted by molar-refractivity contribution is 6.01. The van der Waals surface area contributed by atoms with E-state index in [0.29, 0.717) is 17.8 Å². The largest absolute Gasteiger partial charge is 0.373 e. The maximum atomic E-state index is 12.9. The van der Waals surface area contributed by atoms with Gasteiger partial charge in [-0.2, -0.15) is 9.61 Å². The molecule has 0 bridgehead atoms. The standard InChI is InChI=1S/C24H27FN8O/c1-26-21-11-20(30-23-18(12-28-33(21)23)24(34)29-15-4-5-15)19-14-32(22-17(19)3-2-8-27-22)16-6-9-31(13-16)10-7-25/h2-3,8,11-12,14-16,26H,4-7,9-10,13H2,1H3,(H,29,34). The van der Waals surface area contributed by atoms with Crippen molar-refractivity contribution >= 4 is 28.4 Å². The highest BCUT2D eigenvalue weighted by atomic mass is 19.1. The number of anilines is 1. The third-order valence-corrected chi connectivity index (χ3v) is 6.79. The number of carbonyl (C=O) groups excluding carboxylic acids is 1. The Morgan fingerprint density at radius 1 is 1.26 bits per heavy atom. The van der Waals surface area contributed by atoms with Gasteiger partial charge in [0, 0.05) is 68.2 Å². The molecule has 1 amide bonds. The van der Waals surface area contributed by atoms with Crippen molar-refractivity contribution in [3.05, 3.63) is 42.4 Å². The fraction of sp³-hybridized carbons (Fsp3) is 0.417. The second-order valence-electron chi connectivity index (χ2n) is 9.07. The molecule has 5 heterocycles. The number of fused-ring (bicyclic) bond motifs is 2. The molecule has 2 aliphatic rings. The van der Waals surface area contributed by atoms with Gasteiger partial charge in [0.1, 0.15) is 23.7 Å². The normalized spacial score (nSPS) is 18.7. The molecule has 1 unspecified atom stereocenters. The molecule has 0 aromatic carbocycles. The van der Waals surface area contributed by atoms with Crippen LogP contribution in [0.5, 0.6) is 0 Å². The van der Waals surface area contributed by atoms with Gasteiger partial charge < -0.3 is 15.2 Å². The summed E-state index contributed by atoms with van der Waals surface area (Å²) in [7, 11) is 1.83. The summed E-state index contributed by atoms with van der Waals surface area (Å²) in [5.41, 5.74) is 3.55. The minimum absolute atomic E-state index is 0.146. The number of aromatic nitrogens is 5. The van der Waals surface area contributed by atoms with E-state index in [1.165, 1.54) is 0 Å². The summed E-state index contributed by atoms with van der Waals surface area (Å²) in [6.07, 6.45) is 8.45. The molecule has 10 heteroatoms. The fourth-order valence-corrected chi connectivity index (χ4v) is 4.86. The maximum absolute atomic E-state index is 12.9. The van der Waals surface area contributed by atoms with Crippen molar-refractivity contribution in [3.63, 3.8) is 0 Å². The molecule has 1 atom stereocenters. The number of rotatable bonds is 7. The van der Waals surface area contributed by atoms with Gasteiger partial charge in [0.25, 0.3) is 5.91 Å². The number of hydrogen-bond acceptors (Lipinski definition) is 6. The van der Waals surface area contributed by atoms with Crippen molar-refractivity contribution in [3.8, 4) is 11.3 Å². The second-order valence-corrected chi connectivity index (χ2v) is 9.07. The molecule has 6 rings (SSSR count). The first kappa shape index (κ1) is 21.0. The van der Waals surface area contributed by atoms with Crippen LogP contribution in [0.15, 0.2) is 36.8 Å². The summed E-state index contributed by atoms with van der Waals surface area (Å²) < 4.78 is 16.7. The molecule has 1 saturated heterocycles. The van der Waals surface area contributed by atoms with E-state index in [2.05, 4.69) is 36.4 Å². The number of carbonyl (C=O) groups is 1. The molecule has 2 fully saturated rings. The molecule has 34 heavy (non-hydrogen) atoms. The first-order valence-corrected chi connectivity index (χ1v) is 11.8. The van der Waals surface area contributed by atoms with E-state index >= 15 is 0 Å². The molecule has 4 aromatic heterocycles. The number of nitrogens with one attached hydrogen (secondary N) is 2. The van der Waals surface area contributed by atoms with Crippen molar-refractivity contribution in [1.82, 2.24) is 34.4 Å². The fourth-order valence-electron chi connectivity index (χ4n) is 4.86. The summed E-state index contributed by atoms with van der Waals surface area (Å²) >= 11 is 0. The Morgan fingerprint density at radius 3 is 2.94 bits per heavy atom. The highest BCUT2D eigenvalue weighted by Crippen LogP contribution is 2.34. The van der Waals surface area contributed by atoms with Crippen LogP contribution in [0.1, 0.15) is 35.7 Å². The highest BCUT2D eigenvalue weighted by Gasteiger charge is 2.28. The summed E-state index contributed by atoms with van der Waals surface area (Å²) in [6, 6.07) is 6.38. The second kappa shape index (κ2) is 8.35. The number of alkyl halides is 1. The SMILES string of the molecule is CNc1cc(-c2cn(C3CCN(CCF)C3)c3ncccc23)nc2c(C(=O)NC3CC3)cnn12. The lowest BCUT2D eigenvalue weighted by molar-refractivity contribution is 0.0952. The number of likely N-dealkylation sites (tertiary alicyclic amines) is 1. The Labute approximate surface area is 196 Å². The predicted octanol–water partition coefficient (Wildman–Crippen LogP) is 2.90. The molecule has 4 aromatic rings. The zero-order chi connectivity index (χ0) is 23.2. The van der Waals surface area contributed by atoms with Crippen molar-refractivity contribution in [2.24, 2.45) is 0 Å². The quantitative estimate of drug-likeness (QED) is 0.439. The number of pyridine rings is 1. The van der Waals surface area contributed by atoms with E-state index < -0.39 is 0 Å². The van der Waals surface area contributed by atoms with Crippen LogP contribution in [0, 0.1) is 0 Å². The Morgan fingerprint density at radius 2 is 2.15 bits per heavy atom. The van der Waals surface area contributed by atoms with Gasteiger partial charge in [-0.25, -0.2) is 14.4 Å². The van der Waals surface area contributed by atoms with Crippen molar-refractivity contribution in [2.45, 2.75) is 31.3 Å². The zero-order valence-corrected chi connectivity index (χ0v) is 19.0. The lowest BCUT2D eigenvalue weighted by Gasteiger charge is -2.15. The van der Waals surface area contributed by atoms with E-state index in [9.17, 15) is 9.18 Å². The van der Waals surface area contributed by atoms with Gasteiger partial charge in [-0.15, -0.1) is 0 Å². The smallest absolute Gasteiger partial charge is 0.256 e. The molecular weight excluding hydrogens is 435 g/mol. The van der Waals surface area contributed by atoms with E-state index in [1.807, 2.05) is 25.2 Å². The number of amides is 1. The molecule has 0 spiro atoms. The van der Waals surface area contributed by atoms with Crippen LogP contribution in [0.4, 0.5) is 10.2 Å². The van der Waals surface area contributed by atoms with Crippen LogP contribution < -0.4 is 10.6 Å². The van der Waals surface area contributed by atoms with Crippen molar-refractivity contribution in [2.75, 3.05) is 38.7 Å². The Kier molecular flexibility index (Phi) is 5.17. The van der Waals surface area contributed by atoms with Crippen LogP contribution in [0.3, 0.4) is 0 Å². The van der Waals surface area contributed by atoms with Gasteiger partial charge in [0.15, 0.2) is 5.65 Å². The summed E-state index contributed by atoms with van der Waals surface area (Å²) in [5.74, 6) is 0.595. The van der Waals surface area contributed by atoms with E-state index in [1.54, 1.807) is 16.9 Å². The molecule has 1 aliphatic carbocycles. The topological polar surface area (TPSA) is 92.4 Å². The lowest BCUT2D eigenvalue weighted by atomic mass is 10.1. The van der Waals surface area contributed by atoms with E-state index in [0.717, 1.165) is 60.5 Å². The number of nitrogens with zero attached hydrogens (tertiary/aromatic N) is 6. The summed E-state index contributed by atoms with van der Waals surface area (Å²) in [5, 5.41) is 11.6. The Hall–Kier alpha value is -3.53. The first-order valence-electron chi connectivity index (χ1n) is 11.8. The monoisotopic (exact) mass is 462 g/mol. The van der Waals surface area contributed by atoms with Crippen LogP contribution in [-0.2, 0) is 0 Å². The predicted molar refractivity (Wildman–Crippen MR) is 128 cm³/mol. The minimum atomic E-state index is -0.332. The van der Waals surface area contributed by atoms with Gasteiger partial charge >= 0.3 is 0 Å². The average Bonchev–Trinajstić information content (AvgIpc) is 3.24. The molecule has 2 N–H and O–H groups in total. The number of hydrogen-bond donors (Lipinski definition) is 2. The third-order valence-electron chi connectivity index (χ3n) is 6.79. The van der Waals surface area contributed by atoms with Gasteiger partial charge in [-0.1, -0.05) is 0 Å². The van der Waals surface area contributed by atoms with Crippen molar-refractivity contribution in [1.29, 1.82) is 0 Å². The Bertz CT molecular complexity index is 1370. The molecule has 1 aliphatic heterocycles. The maximum Gasteiger partial charge on any atom is 0.256 e. The van der Waals surface area contributed by atoms with Crippen LogP contribution in [-0.4, -0.2) is 74.4 Å². The molecular formula is C24H27FN8O. The molecule has 9 nitrogen and oxygen atoms in total. The molecule has 0 radical (unpaired) electrons. The van der Waals surface area contributed by atoms with Gasteiger partial charge in [-0.05, 0) is 31.4 Å². The van der Waals surface area contributed by atoms with Crippen molar-refractivity contribution < 1.29 is 9.18 Å². The van der Waals surface area contributed by atoms with Gasteiger partial charge in [0.05, 0.1) is 11.9 Å². The molecule has 1 saturated carbocycles. The Balaban J connectivity index is 1.46. The minimum Gasteiger partial charge on any atom is -0.373 e. The van der Waals surface area contributed by atoms with E-state index in [-0.39, 0.29) is 24.7 Å². The van der Waals surface area contributed by atoms with Crippen LogP contribution in [0.2, 0.25) is 0 Å². The number of halogens is 1.